The van der Waals surface area contributed by atoms with E-state index in [9.17, 15) is 0 Å². The Bertz CT molecular complexity index is 27.5. The van der Waals surface area contributed by atoms with Crippen molar-refractivity contribution in [3.8, 4) is 0 Å². The van der Waals surface area contributed by atoms with Crippen LogP contribution in [0.5, 0.6) is 0 Å². The SMILES string of the molecule is CCCCCCN.N.N. The Morgan fingerprint density at radius 1 is 1.00 bits per heavy atom. The lowest BCUT2D eigenvalue weighted by Gasteiger charge is -1.90. The quantitative estimate of drug-likeness (QED) is 0.513. The second-order valence-corrected chi connectivity index (χ2v) is 1.85. The van der Waals surface area contributed by atoms with Crippen LogP contribution in [0.4, 0.5) is 0 Å². The number of hydrogen-bond acceptors (Lipinski definition) is 3. The van der Waals surface area contributed by atoms with Crippen LogP contribution in [0.15, 0.2) is 0 Å². The van der Waals surface area contributed by atoms with Crippen LogP contribution in [0.3, 0.4) is 0 Å². The Kier molecular flexibility index (Phi) is 27.8. The normalized spacial score (nSPS) is 7.33. The van der Waals surface area contributed by atoms with Gasteiger partial charge in [-0.25, -0.2) is 0 Å². The molecule has 8 N–H and O–H groups in total. The molecule has 0 rings (SSSR count). The van der Waals surface area contributed by atoms with Gasteiger partial charge in [0.2, 0.25) is 0 Å². The summed E-state index contributed by atoms with van der Waals surface area (Å²) in [4.78, 5) is 0. The summed E-state index contributed by atoms with van der Waals surface area (Å²) < 4.78 is 0. The molecule has 3 nitrogen and oxygen atoms in total. The number of nitrogens with two attached hydrogens (primary N) is 1. The minimum absolute atomic E-state index is 0. The molecule has 0 radical (unpaired) electrons. The van der Waals surface area contributed by atoms with Crippen LogP contribution < -0.4 is 18.0 Å². The van der Waals surface area contributed by atoms with Gasteiger partial charge in [0.1, 0.15) is 0 Å². The van der Waals surface area contributed by atoms with E-state index in [4.69, 9.17) is 5.73 Å². The highest BCUT2D eigenvalue weighted by atomic mass is 14.5. The van der Waals surface area contributed by atoms with E-state index in [1.165, 1.54) is 25.7 Å². The molecule has 0 aliphatic carbocycles. The third-order valence-corrected chi connectivity index (χ3v) is 1.06. The Labute approximate surface area is 58.2 Å². The molecule has 0 unspecified atom stereocenters. The van der Waals surface area contributed by atoms with Gasteiger partial charge in [-0.3, -0.25) is 0 Å². The van der Waals surface area contributed by atoms with E-state index >= 15 is 0 Å². The van der Waals surface area contributed by atoms with Gasteiger partial charge in [-0.2, -0.15) is 0 Å². The van der Waals surface area contributed by atoms with Crippen molar-refractivity contribution in [2.75, 3.05) is 6.54 Å². The lowest BCUT2D eigenvalue weighted by molar-refractivity contribution is 0.674. The molecule has 0 aromatic heterocycles. The minimum Gasteiger partial charge on any atom is -0.344 e. The third kappa shape index (κ3) is 18.1. The zero-order valence-electron chi connectivity index (χ0n) is 6.53. The van der Waals surface area contributed by atoms with E-state index < -0.39 is 0 Å². The predicted octanol–water partition coefficient (Wildman–Crippen LogP) is 1.85. The van der Waals surface area contributed by atoms with E-state index in [-0.39, 0.29) is 12.3 Å². The van der Waals surface area contributed by atoms with Crippen LogP contribution in [0.1, 0.15) is 32.6 Å². The average molecular weight is 135 g/mol. The van der Waals surface area contributed by atoms with Crippen molar-refractivity contribution < 1.29 is 0 Å². The number of rotatable bonds is 4. The molecular weight excluding hydrogens is 114 g/mol. The first kappa shape index (κ1) is 15.9. The fourth-order valence-electron chi connectivity index (χ4n) is 0.571. The molecule has 3 heteroatoms. The van der Waals surface area contributed by atoms with Crippen LogP contribution in [0.25, 0.3) is 0 Å². The first-order valence-corrected chi connectivity index (χ1v) is 3.12. The number of unbranched alkanes of at least 4 members (excludes halogenated alkanes) is 3. The van der Waals surface area contributed by atoms with Gasteiger partial charge in [-0.1, -0.05) is 26.2 Å². The van der Waals surface area contributed by atoms with Crippen LogP contribution >= 0.6 is 0 Å². The summed E-state index contributed by atoms with van der Waals surface area (Å²) in [5.74, 6) is 0. The second kappa shape index (κ2) is 15.7. The van der Waals surface area contributed by atoms with Crippen molar-refractivity contribution in [2.45, 2.75) is 32.6 Å². The maximum absolute atomic E-state index is 5.27. The zero-order chi connectivity index (χ0) is 5.54. The van der Waals surface area contributed by atoms with E-state index in [0.29, 0.717) is 0 Å². The van der Waals surface area contributed by atoms with Crippen molar-refractivity contribution >= 4 is 0 Å². The van der Waals surface area contributed by atoms with E-state index in [0.717, 1.165) is 6.54 Å². The fraction of sp³-hybridized carbons (Fsp3) is 1.00. The molecule has 0 saturated heterocycles. The van der Waals surface area contributed by atoms with Gasteiger partial charge in [0.05, 0.1) is 0 Å². The topological polar surface area (TPSA) is 96.0 Å². The monoisotopic (exact) mass is 135 g/mol. The molecule has 0 saturated carbocycles. The van der Waals surface area contributed by atoms with Gasteiger partial charge in [-0.05, 0) is 13.0 Å². The summed E-state index contributed by atoms with van der Waals surface area (Å²) in [6.07, 6.45) is 5.16. The third-order valence-electron chi connectivity index (χ3n) is 1.06. The Hall–Kier alpha value is -0.120. The molecule has 0 bridgehead atoms. The molecule has 0 fully saturated rings. The van der Waals surface area contributed by atoms with Gasteiger partial charge in [0, 0.05) is 0 Å². The van der Waals surface area contributed by atoms with Crippen molar-refractivity contribution in [1.82, 2.24) is 12.3 Å². The minimum atomic E-state index is 0. The van der Waals surface area contributed by atoms with Gasteiger partial charge < -0.3 is 18.0 Å². The van der Waals surface area contributed by atoms with E-state index in [1.54, 1.807) is 0 Å². The molecule has 60 valence electrons. The van der Waals surface area contributed by atoms with E-state index in [1.807, 2.05) is 0 Å². The Morgan fingerprint density at radius 3 is 1.89 bits per heavy atom. The summed E-state index contributed by atoms with van der Waals surface area (Å²) in [6.45, 7) is 3.07. The summed E-state index contributed by atoms with van der Waals surface area (Å²) in [5, 5.41) is 0. The first-order valence-electron chi connectivity index (χ1n) is 3.12. The van der Waals surface area contributed by atoms with Crippen LogP contribution in [-0.2, 0) is 0 Å². The molecule has 9 heavy (non-hydrogen) atoms. The molecule has 0 spiro atoms. The molecule has 0 heterocycles. The molecule has 0 aliphatic heterocycles. The van der Waals surface area contributed by atoms with Crippen LogP contribution in [0.2, 0.25) is 0 Å². The van der Waals surface area contributed by atoms with E-state index in [2.05, 4.69) is 6.92 Å². The summed E-state index contributed by atoms with van der Waals surface area (Å²) in [6, 6.07) is 0. The van der Waals surface area contributed by atoms with Crippen molar-refractivity contribution in [3.05, 3.63) is 0 Å². The summed E-state index contributed by atoms with van der Waals surface area (Å²) in [7, 11) is 0. The first-order chi connectivity index (χ1) is 3.41. The molecule has 0 aromatic rings. The Morgan fingerprint density at radius 2 is 1.56 bits per heavy atom. The largest absolute Gasteiger partial charge is 0.344 e. The highest BCUT2D eigenvalue weighted by molar-refractivity contribution is 4.38. The van der Waals surface area contributed by atoms with Crippen molar-refractivity contribution in [3.63, 3.8) is 0 Å². The fourth-order valence-corrected chi connectivity index (χ4v) is 0.571. The Balaban J connectivity index is -0.000000180. The maximum Gasteiger partial charge on any atom is -0.00773 e. The highest BCUT2D eigenvalue weighted by Crippen LogP contribution is 1.95. The highest BCUT2D eigenvalue weighted by Gasteiger charge is 1.80. The van der Waals surface area contributed by atoms with Gasteiger partial charge in [0.15, 0.2) is 0 Å². The van der Waals surface area contributed by atoms with Gasteiger partial charge >= 0.3 is 0 Å². The summed E-state index contributed by atoms with van der Waals surface area (Å²) in [5.41, 5.74) is 5.27. The van der Waals surface area contributed by atoms with Crippen molar-refractivity contribution in [2.24, 2.45) is 5.73 Å². The lowest BCUT2D eigenvalue weighted by Crippen LogP contribution is -1.97. The molecule has 0 amide bonds. The van der Waals surface area contributed by atoms with Crippen LogP contribution in [0, 0.1) is 0 Å². The molecular formula is C6H21N3. The molecule has 0 aliphatic rings. The zero-order valence-corrected chi connectivity index (χ0v) is 6.53. The van der Waals surface area contributed by atoms with Crippen LogP contribution in [-0.4, -0.2) is 6.54 Å². The summed E-state index contributed by atoms with van der Waals surface area (Å²) >= 11 is 0. The molecule has 0 atom stereocenters. The van der Waals surface area contributed by atoms with Crippen molar-refractivity contribution in [1.29, 1.82) is 0 Å². The predicted molar refractivity (Wildman–Crippen MR) is 43.2 cm³/mol. The van der Waals surface area contributed by atoms with Gasteiger partial charge in [0.25, 0.3) is 0 Å². The smallest absolute Gasteiger partial charge is 0.00773 e. The lowest BCUT2D eigenvalue weighted by atomic mass is 10.2. The second-order valence-electron chi connectivity index (χ2n) is 1.85. The average Bonchev–Trinajstić information content (AvgIpc) is 1.69. The van der Waals surface area contributed by atoms with Gasteiger partial charge in [-0.15, -0.1) is 0 Å². The maximum atomic E-state index is 5.27. The standard InChI is InChI=1S/C6H15N.2H3N/c1-2-3-4-5-6-7;;/h2-7H2,1H3;2*1H3. The number of hydrogen-bond donors (Lipinski definition) is 3. The molecule has 0 aromatic carbocycles.